The maximum Gasteiger partial charge on any atom is 0.119 e. The molecule has 4 heteroatoms. The van der Waals surface area contributed by atoms with Crippen molar-refractivity contribution in [3.05, 3.63) is 29.5 Å². The van der Waals surface area contributed by atoms with E-state index in [1.807, 2.05) is 7.11 Å². The second-order valence-electron chi connectivity index (χ2n) is 7.39. The van der Waals surface area contributed by atoms with Crippen molar-refractivity contribution >= 4 is 10.9 Å². The van der Waals surface area contributed by atoms with Gasteiger partial charge in [-0.1, -0.05) is 0 Å². The van der Waals surface area contributed by atoms with Crippen LogP contribution in [0.15, 0.2) is 18.2 Å². The van der Waals surface area contributed by atoms with E-state index in [2.05, 4.69) is 28.1 Å². The van der Waals surface area contributed by atoms with Gasteiger partial charge in [-0.15, -0.1) is 0 Å². The number of nitrogens with one attached hydrogen (secondary N) is 1. The van der Waals surface area contributed by atoms with Gasteiger partial charge in [0.2, 0.25) is 0 Å². The van der Waals surface area contributed by atoms with E-state index in [-0.39, 0.29) is 0 Å². The van der Waals surface area contributed by atoms with Crippen molar-refractivity contribution in [3.63, 3.8) is 0 Å². The Labute approximate surface area is 136 Å². The van der Waals surface area contributed by atoms with Gasteiger partial charge in [-0.2, -0.15) is 0 Å². The van der Waals surface area contributed by atoms with E-state index in [4.69, 9.17) is 9.47 Å². The van der Waals surface area contributed by atoms with Gasteiger partial charge in [0.15, 0.2) is 0 Å². The van der Waals surface area contributed by atoms with E-state index < -0.39 is 0 Å². The van der Waals surface area contributed by atoms with Gasteiger partial charge in [0.1, 0.15) is 5.75 Å². The van der Waals surface area contributed by atoms with Crippen molar-refractivity contribution in [2.45, 2.75) is 24.8 Å². The van der Waals surface area contributed by atoms with Crippen LogP contribution in [-0.2, 0) is 11.2 Å². The number of benzene rings is 1. The van der Waals surface area contributed by atoms with E-state index in [9.17, 15) is 0 Å². The minimum Gasteiger partial charge on any atom is -0.497 e. The molecule has 1 saturated carbocycles. The van der Waals surface area contributed by atoms with Gasteiger partial charge in [0.25, 0.3) is 0 Å². The van der Waals surface area contributed by atoms with E-state index >= 15 is 0 Å². The van der Waals surface area contributed by atoms with Crippen molar-refractivity contribution in [1.29, 1.82) is 0 Å². The Kier molecular flexibility index (Phi) is 3.01. The zero-order valence-electron chi connectivity index (χ0n) is 13.8. The number of fused-ring (bicyclic) bond motifs is 5. The predicted octanol–water partition coefficient (Wildman–Crippen LogP) is 2.78. The number of methoxy groups -OCH3 is 2. The zero-order chi connectivity index (χ0) is 15.6. The SMILES string of the molecule is COCC1[C@@H]2C[C@H]3c4[nH]c5ccc(OC)cc5c4CCN(C2)[C@@H]13. The van der Waals surface area contributed by atoms with E-state index in [1.54, 1.807) is 7.11 Å². The van der Waals surface area contributed by atoms with E-state index in [0.717, 1.165) is 24.7 Å². The van der Waals surface area contributed by atoms with Crippen LogP contribution in [0.5, 0.6) is 5.75 Å². The van der Waals surface area contributed by atoms with Gasteiger partial charge < -0.3 is 14.5 Å². The number of hydrogen-bond acceptors (Lipinski definition) is 3. The van der Waals surface area contributed by atoms with E-state index in [1.165, 1.54) is 41.7 Å². The quantitative estimate of drug-likeness (QED) is 0.947. The Balaban J connectivity index is 1.62. The summed E-state index contributed by atoms with van der Waals surface area (Å²) in [6.07, 6.45) is 2.45. The highest BCUT2D eigenvalue weighted by Gasteiger charge is 2.54. The molecule has 1 N–H and O–H groups in total. The molecule has 5 rings (SSSR count). The van der Waals surface area contributed by atoms with Gasteiger partial charge >= 0.3 is 0 Å². The van der Waals surface area contributed by atoms with Crippen LogP contribution in [0.4, 0.5) is 0 Å². The number of piperidine rings is 1. The summed E-state index contributed by atoms with van der Waals surface area (Å²) in [5, 5.41) is 1.36. The second-order valence-corrected chi connectivity index (χ2v) is 7.39. The first-order chi connectivity index (χ1) is 11.3. The molecule has 0 amide bonds. The minimum absolute atomic E-state index is 0.643. The monoisotopic (exact) mass is 312 g/mol. The fourth-order valence-corrected chi connectivity index (χ4v) is 5.55. The molecule has 2 aliphatic heterocycles. The summed E-state index contributed by atoms with van der Waals surface area (Å²) in [5.74, 6) is 3.10. The molecule has 4 atom stereocenters. The summed E-state index contributed by atoms with van der Waals surface area (Å²) in [6.45, 7) is 3.35. The summed E-state index contributed by atoms with van der Waals surface area (Å²) in [7, 11) is 3.59. The Morgan fingerprint density at radius 2 is 2.22 bits per heavy atom. The maximum atomic E-state index is 5.54. The van der Waals surface area contributed by atoms with Gasteiger partial charge in [-0.3, -0.25) is 4.90 Å². The predicted molar refractivity (Wildman–Crippen MR) is 90.1 cm³/mol. The molecule has 1 aliphatic carbocycles. The molecule has 3 aliphatic rings. The second kappa shape index (κ2) is 4.99. The molecule has 122 valence electrons. The first-order valence-corrected chi connectivity index (χ1v) is 8.71. The molecule has 0 spiro atoms. The molecule has 0 radical (unpaired) electrons. The number of rotatable bonds is 3. The first kappa shape index (κ1) is 13.9. The smallest absolute Gasteiger partial charge is 0.119 e. The number of ether oxygens (including phenoxy) is 2. The van der Waals surface area contributed by atoms with Gasteiger partial charge in [-0.05, 0) is 42.5 Å². The molecule has 3 heterocycles. The average Bonchev–Trinajstić information content (AvgIpc) is 3.19. The number of nitrogens with zero attached hydrogens (tertiary/aromatic N) is 1. The summed E-state index contributed by atoms with van der Waals surface area (Å²) < 4.78 is 11.0. The van der Waals surface area contributed by atoms with Crippen LogP contribution >= 0.6 is 0 Å². The standard InChI is InChI=1S/C19H24N2O2/c1-22-10-16-11-7-15-18-13(5-6-21(9-11)19(15)16)14-8-12(23-2)3-4-17(14)20-18/h3-4,8,11,15-16,19-20H,5-7,9-10H2,1-2H3/t11-,15+,16?,19-/m1/s1. The van der Waals surface area contributed by atoms with Crippen LogP contribution in [0.2, 0.25) is 0 Å². The summed E-state index contributed by atoms with van der Waals surface area (Å²) in [5.41, 5.74) is 4.27. The normalized spacial score (nSPS) is 32.3. The number of hydrogen-bond donors (Lipinski definition) is 1. The lowest BCUT2D eigenvalue weighted by Crippen LogP contribution is -2.38. The Morgan fingerprint density at radius 3 is 3.04 bits per heavy atom. The highest BCUT2D eigenvalue weighted by molar-refractivity contribution is 5.86. The molecule has 2 bridgehead atoms. The largest absolute Gasteiger partial charge is 0.497 e. The fraction of sp³-hybridized carbons (Fsp3) is 0.579. The molecular formula is C19H24N2O2. The Morgan fingerprint density at radius 1 is 1.30 bits per heavy atom. The molecule has 4 nitrogen and oxygen atoms in total. The molecule has 2 fully saturated rings. The third-order valence-electron chi connectivity index (χ3n) is 6.43. The fourth-order valence-electron chi connectivity index (χ4n) is 5.55. The topological polar surface area (TPSA) is 37.5 Å². The maximum absolute atomic E-state index is 5.54. The third kappa shape index (κ3) is 1.85. The van der Waals surface area contributed by atoms with Crippen LogP contribution in [0.1, 0.15) is 23.6 Å². The minimum atomic E-state index is 0.643. The molecule has 1 unspecified atom stereocenters. The van der Waals surface area contributed by atoms with E-state index in [0.29, 0.717) is 17.9 Å². The summed E-state index contributed by atoms with van der Waals surface area (Å²) in [4.78, 5) is 6.48. The number of aromatic nitrogens is 1. The highest BCUT2D eigenvalue weighted by Crippen LogP contribution is 2.53. The number of aromatic amines is 1. The van der Waals surface area contributed by atoms with Crippen LogP contribution in [0.25, 0.3) is 10.9 Å². The third-order valence-corrected chi connectivity index (χ3v) is 6.43. The Hall–Kier alpha value is -1.52. The molecule has 2 aromatic rings. The molecule has 23 heavy (non-hydrogen) atoms. The lowest BCUT2D eigenvalue weighted by atomic mass is 9.93. The van der Waals surface area contributed by atoms with Gasteiger partial charge in [0, 0.05) is 54.7 Å². The van der Waals surface area contributed by atoms with Crippen molar-refractivity contribution in [2.24, 2.45) is 11.8 Å². The summed E-state index contributed by atoms with van der Waals surface area (Å²) in [6, 6.07) is 7.09. The molecule has 1 saturated heterocycles. The average molecular weight is 312 g/mol. The van der Waals surface area contributed by atoms with Crippen molar-refractivity contribution in [3.8, 4) is 5.75 Å². The first-order valence-electron chi connectivity index (χ1n) is 8.71. The molecular weight excluding hydrogens is 288 g/mol. The van der Waals surface area contributed by atoms with Crippen LogP contribution in [0.3, 0.4) is 0 Å². The molecule has 1 aromatic heterocycles. The number of H-pyrrole nitrogens is 1. The van der Waals surface area contributed by atoms with Crippen molar-refractivity contribution in [1.82, 2.24) is 9.88 Å². The van der Waals surface area contributed by atoms with Crippen LogP contribution in [-0.4, -0.2) is 49.8 Å². The van der Waals surface area contributed by atoms with Crippen LogP contribution in [0, 0.1) is 11.8 Å². The Bertz CT molecular complexity index is 753. The summed E-state index contributed by atoms with van der Waals surface area (Å²) >= 11 is 0. The zero-order valence-corrected chi connectivity index (χ0v) is 13.8. The van der Waals surface area contributed by atoms with Gasteiger partial charge in [-0.25, -0.2) is 0 Å². The molecule has 1 aromatic carbocycles. The highest BCUT2D eigenvalue weighted by atomic mass is 16.5. The van der Waals surface area contributed by atoms with Crippen molar-refractivity contribution in [2.75, 3.05) is 33.9 Å². The van der Waals surface area contributed by atoms with Crippen LogP contribution < -0.4 is 4.74 Å². The lowest BCUT2D eigenvalue weighted by Gasteiger charge is -2.31. The van der Waals surface area contributed by atoms with Crippen molar-refractivity contribution < 1.29 is 9.47 Å². The van der Waals surface area contributed by atoms with Gasteiger partial charge in [0.05, 0.1) is 13.7 Å². The lowest BCUT2D eigenvalue weighted by molar-refractivity contribution is 0.125.